The molecule has 1 N–H and O–H groups in total. The number of benzene rings is 1. The van der Waals surface area contributed by atoms with Crippen molar-refractivity contribution in [1.29, 1.82) is 0 Å². The van der Waals surface area contributed by atoms with Crippen LogP contribution in [0.2, 0.25) is 0 Å². The van der Waals surface area contributed by atoms with E-state index in [1.165, 1.54) is 53.4 Å². The summed E-state index contributed by atoms with van der Waals surface area (Å²) >= 11 is 0. The lowest BCUT2D eigenvalue weighted by molar-refractivity contribution is 0.636. The lowest BCUT2D eigenvalue weighted by atomic mass is 10.1. The maximum absolute atomic E-state index is 3.61. The summed E-state index contributed by atoms with van der Waals surface area (Å²) in [6.45, 7) is 8.94. The number of unbranched alkanes of at least 4 members (excludes halogenated alkanes) is 1. The van der Waals surface area contributed by atoms with Crippen molar-refractivity contribution in [3.8, 4) is 0 Å². The molecule has 2 heteroatoms. The topological polar surface area (TPSA) is 17.0 Å². The average molecular weight is 270 g/mol. The monoisotopic (exact) mass is 270 g/mol. The molecule has 0 saturated heterocycles. The number of aromatic nitrogens is 1. The van der Waals surface area contributed by atoms with E-state index in [0.29, 0.717) is 0 Å². The Morgan fingerprint density at radius 2 is 2.05 bits per heavy atom. The number of nitrogens with one attached hydrogen (secondary N) is 1. The fraction of sp³-hybridized carbons (Fsp3) is 0.556. The van der Waals surface area contributed by atoms with E-state index >= 15 is 0 Å². The van der Waals surface area contributed by atoms with Crippen LogP contribution >= 0.6 is 0 Å². The maximum atomic E-state index is 3.61. The van der Waals surface area contributed by atoms with Gasteiger partial charge in [-0.25, -0.2) is 0 Å². The number of aryl methyl sites for hydroxylation is 2. The first kappa shape index (κ1) is 13.7. The molecule has 0 aliphatic heterocycles. The van der Waals surface area contributed by atoms with Crippen LogP contribution in [0.4, 0.5) is 0 Å². The number of nitrogens with zero attached hydrogens (tertiary/aromatic N) is 1. The summed E-state index contributed by atoms with van der Waals surface area (Å²) in [6, 6.07) is 7.77. The second-order valence-electron chi connectivity index (χ2n) is 6.22. The molecule has 2 aromatic rings. The van der Waals surface area contributed by atoms with Crippen LogP contribution in [0.25, 0.3) is 10.9 Å². The van der Waals surface area contributed by atoms with Crippen molar-refractivity contribution in [3.63, 3.8) is 0 Å². The van der Waals surface area contributed by atoms with Gasteiger partial charge in [0.05, 0.1) is 0 Å². The molecule has 2 nitrogen and oxygen atoms in total. The van der Waals surface area contributed by atoms with Gasteiger partial charge in [0, 0.05) is 35.7 Å². The highest BCUT2D eigenvalue weighted by molar-refractivity contribution is 5.86. The van der Waals surface area contributed by atoms with E-state index in [-0.39, 0.29) is 0 Å². The van der Waals surface area contributed by atoms with Crippen molar-refractivity contribution in [1.82, 2.24) is 9.88 Å². The minimum Gasteiger partial charge on any atom is -0.345 e. The van der Waals surface area contributed by atoms with Crippen LogP contribution in [0.15, 0.2) is 18.2 Å². The molecular formula is C18H26N2. The highest BCUT2D eigenvalue weighted by Gasteiger charge is 2.20. The average Bonchev–Trinajstić information content (AvgIpc) is 3.25. The minimum absolute atomic E-state index is 0.780. The van der Waals surface area contributed by atoms with Crippen LogP contribution < -0.4 is 5.32 Å². The van der Waals surface area contributed by atoms with Gasteiger partial charge in [0.25, 0.3) is 0 Å². The van der Waals surface area contributed by atoms with Gasteiger partial charge in [0.2, 0.25) is 0 Å². The molecule has 1 saturated carbocycles. The Morgan fingerprint density at radius 3 is 2.75 bits per heavy atom. The van der Waals surface area contributed by atoms with Gasteiger partial charge >= 0.3 is 0 Å². The van der Waals surface area contributed by atoms with Crippen molar-refractivity contribution < 1.29 is 0 Å². The molecule has 1 heterocycles. The highest BCUT2D eigenvalue weighted by atomic mass is 15.0. The molecule has 1 aliphatic rings. The zero-order valence-corrected chi connectivity index (χ0v) is 13.0. The third-order valence-corrected chi connectivity index (χ3v) is 4.61. The molecule has 1 aromatic heterocycles. The van der Waals surface area contributed by atoms with Gasteiger partial charge in [-0.1, -0.05) is 19.4 Å². The predicted octanol–water partition coefficient (Wildman–Crippen LogP) is 4.31. The Balaban J connectivity index is 1.90. The molecule has 0 bridgehead atoms. The van der Waals surface area contributed by atoms with Crippen LogP contribution in [0.1, 0.15) is 49.4 Å². The number of fused-ring (bicyclic) bond motifs is 1. The van der Waals surface area contributed by atoms with Gasteiger partial charge in [-0.15, -0.1) is 0 Å². The smallest absolute Gasteiger partial charge is 0.0485 e. The Morgan fingerprint density at radius 1 is 1.25 bits per heavy atom. The molecule has 0 spiro atoms. The predicted molar refractivity (Wildman–Crippen MR) is 86.2 cm³/mol. The second kappa shape index (κ2) is 5.61. The fourth-order valence-electron chi connectivity index (χ4n) is 2.96. The van der Waals surface area contributed by atoms with Gasteiger partial charge in [-0.2, -0.15) is 0 Å². The quantitative estimate of drug-likeness (QED) is 0.827. The minimum atomic E-state index is 0.780. The molecule has 1 fully saturated rings. The summed E-state index contributed by atoms with van der Waals surface area (Å²) in [5.41, 5.74) is 5.70. The number of hydrogen-bond donors (Lipinski definition) is 1. The van der Waals surface area contributed by atoms with Crippen molar-refractivity contribution >= 4 is 10.9 Å². The molecule has 3 rings (SSSR count). The summed E-state index contributed by atoms with van der Waals surface area (Å²) in [4.78, 5) is 0. The Hall–Kier alpha value is -1.28. The van der Waals surface area contributed by atoms with Gasteiger partial charge < -0.3 is 9.88 Å². The molecule has 0 amide bonds. The first-order valence-electron chi connectivity index (χ1n) is 8.02. The second-order valence-corrected chi connectivity index (χ2v) is 6.22. The lowest BCUT2D eigenvalue weighted by Crippen LogP contribution is -2.15. The van der Waals surface area contributed by atoms with Crippen molar-refractivity contribution in [2.24, 2.45) is 0 Å². The van der Waals surface area contributed by atoms with Crippen LogP contribution in [0, 0.1) is 13.8 Å². The first-order valence-corrected chi connectivity index (χ1v) is 8.02. The molecule has 0 radical (unpaired) electrons. The summed E-state index contributed by atoms with van der Waals surface area (Å²) < 4.78 is 2.49. The summed E-state index contributed by atoms with van der Waals surface area (Å²) in [5.74, 6) is 0. The van der Waals surface area contributed by atoms with E-state index < -0.39 is 0 Å². The maximum Gasteiger partial charge on any atom is 0.0485 e. The van der Waals surface area contributed by atoms with Crippen molar-refractivity contribution in [2.75, 3.05) is 0 Å². The van der Waals surface area contributed by atoms with E-state index in [1.807, 2.05) is 0 Å². The summed E-state index contributed by atoms with van der Waals surface area (Å²) in [6.07, 6.45) is 5.22. The van der Waals surface area contributed by atoms with E-state index in [2.05, 4.69) is 48.9 Å². The van der Waals surface area contributed by atoms with Gasteiger partial charge in [0.1, 0.15) is 0 Å². The molecule has 0 atom stereocenters. The Bertz CT molecular complexity index is 605. The third kappa shape index (κ3) is 2.62. The van der Waals surface area contributed by atoms with Crippen LogP contribution in [0.5, 0.6) is 0 Å². The molecule has 1 aliphatic carbocycles. The summed E-state index contributed by atoms with van der Waals surface area (Å²) in [5, 5.41) is 5.04. The van der Waals surface area contributed by atoms with E-state index in [4.69, 9.17) is 0 Å². The molecular weight excluding hydrogens is 244 g/mol. The Kier molecular flexibility index (Phi) is 3.84. The molecule has 108 valence electrons. The molecule has 20 heavy (non-hydrogen) atoms. The highest BCUT2D eigenvalue weighted by Crippen LogP contribution is 2.27. The zero-order valence-electron chi connectivity index (χ0n) is 13.0. The number of hydrogen-bond acceptors (Lipinski definition) is 1. The zero-order chi connectivity index (χ0) is 14.1. The van der Waals surface area contributed by atoms with Crippen LogP contribution in [0.3, 0.4) is 0 Å². The van der Waals surface area contributed by atoms with Crippen molar-refractivity contribution in [3.05, 3.63) is 35.0 Å². The normalized spacial score (nSPS) is 15.2. The fourth-order valence-corrected chi connectivity index (χ4v) is 2.96. The van der Waals surface area contributed by atoms with E-state index in [9.17, 15) is 0 Å². The lowest BCUT2D eigenvalue weighted by Gasteiger charge is -2.08. The van der Waals surface area contributed by atoms with Gasteiger partial charge in [-0.3, -0.25) is 0 Å². The standard InChI is InChI=1S/C18H26N2/c1-4-5-10-20-14(3)13(2)17-11-15(6-9-18(17)20)12-19-16-7-8-16/h6,9,11,16,19H,4-5,7-8,10,12H2,1-3H3. The number of rotatable bonds is 6. The largest absolute Gasteiger partial charge is 0.345 e. The molecule has 1 aromatic carbocycles. The molecule has 0 unspecified atom stereocenters. The van der Waals surface area contributed by atoms with Gasteiger partial charge in [0.15, 0.2) is 0 Å². The first-order chi connectivity index (χ1) is 9.70. The van der Waals surface area contributed by atoms with Crippen molar-refractivity contribution in [2.45, 2.75) is 65.6 Å². The van der Waals surface area contributed by atoms with Gasteiger partial charge in [-0.05, 0) is 56.4 Å². The SMILES string of the molecule is CCCCn1c(C)c(C)c2cc(CNC3CC3)ccc21. The third-order valence-electron chi connectivity index (χ3n) is 4.61. The van der Waals surface area contributed by atoms with E-state index in [0.717, 1.165) is 19.1 Å². The van der Waals surface area contributed by atoms with E-state index in [1.54, 1.807) is 0 Å². The summed E-state index contributed by atoms with van der Waals surface area (Å²) in [7, 11) is 0. The Labute approximate surface area is 122 Å². The van der Waals surface area contributed by atoms with Crippen LogP contribution in [-0.2, 0) is 13.1 Å². The van der Waals surface area contributed by atoms with Crippen LogP contribution in [-0.4, -0.2) is 10.6 Å².